The number of carbonyl (C=O) groups is 3. The van der Waals surface area contributed by atoms with Crippen molar-refractivity contribution < 1.29 is 19.1 Å². The zero-order valence-corrected chi connectivity index (χ0v) is 24.8. The second-order valence-corrected chi connectivity index (χ2v) is 10.6. The molecule has 0 radical (unpaired) electrons. The number of anilines is 1. The predicted molar refractivity (Wildman–Crippen MR) is 175 cm³/mol. The Morgan fingerprint density at radius 3 is 1.82 bits per heavy atom. The lowest BCUT2D eigenvalue weighted by Crippen LogP contribution is -2.48. The van der Waals surface area contributed by atoms with Gasteiger partial charge in [0.25, 0.3) is 0 Å². The van der Waals surface area contributed by atoms with Crippen LogP contribution in [0.3, 0.4) is 0 Å². The summed E-state index contributed by atoms with van der Waals surface area (Å²) in [7, 11) is 0. The largest absolute Gasteiger partial charge is 0.489 e. The van der Waals surface area contributed by atoms with Gasteiger partial charge in [-0.25, -0.2) is 0 Å². The average Bonchev–Trinajstić information content (AvgIpc) is 3.07. The van der Waals surface area contributed by atoms with Crippen molar-refractivity contribution in [3.05, 3.63) is 167 Å². The standard InChI is InChI=1S/C38H35N3O4/c39-34-19-11-10-18-32(34)25-36(43)41(35(42)24-28-12-4-1-5-13-28)37(31-16-8-3-9-17-31)38(44)40-26-29-20-22-33(23-21-29)45-27-30-14-6-2-7-15-30/h1-23,37H,24-27,39H2,(H,40,44). The third-order valence-corrected chi connectivity index (χ3v) is 7.39. The summed E-state index contributed by atoms with van der Waals surface area (Å²) in [6.07, 6.45) is -0.174. The number of nitrogens with two attached hydrogens (primary N) is 1. The number of hydrogen-bond acceptors (Lipinski definition) is 5. The van der Waals surface area contributed by atoms with Crippen LogP contribution in [-0.2, 0) is 40.4 Å². The Balaban J connectivity index is 1.36. The monoisotopic (exact) mass is 597 g/mol. The van der Waals surface area contributed by atoms with E-state index in [1.54, 1.807) is 48.5 Å². The SMILES string of the molecule is Nc1ccccc1CC(=O)N(C(=O)Cc1ccccc1)C(C(=O)NCc1ccc(OCc2ccccc2)cc1)c1ccccc1. The minimum Gasteiger partial charge on any atom is -0.489 e. The van der Waals surface area contributed by atoms with Crippen molar-refractivity contribution in [2.45, 2.75) is 32.0 Å². The Hall–Kier alpha value is -5.69. The third kappa shape index (κ3) is 8.45. The van der Waals surface area contributed by atoms with E-state index in [0.717, 1.165) is 21.6 Å². The Kier molecular flexibility index (Phi) is 10.4. The second kappa shape index (κ2) is 15.2. The fraction of sp³-hybridized carbons (Fsp3) is 0.132. The fourth-order valence-corrected chi connectivity index (χ4v) is 5.01. The van der Waals surface area contributed by atoms with Gasteiger partial charge in [-0.1, -0.05) is 121 Å². The highest BCUT2D eigenvalue weighted by molar-refractivity contribution is 6.02. The van der Waals surface area contributed by atoms with Gasteiger partial charge in [0.2, 0.25) is 17.7 Å². The molecule has 1 atom stereocenters. The van der Waals surface area contributed by atoms with Gasteiger partial charge in [-0.05, 0) is 46.0 Å². The minimum absolute atomic E-state index is 0.0437. The summed E-state index contributed by atoms with van der Waals surface area (Å²) in [6, 6.07) is 41.2. The van der Waals surface area contributed by atoms with E-state index in [1.807, 2.05) is 91.0 Å². The van der Waals surface area contributed by atoms with Crippen LogP contribution in [0.5, 0.6) is 5.75 Å². The highest BCUT2D eigenvalue weighted by atomic mass is 16.5. The molecule has 0 saturated heterocycles. The van der Waals surface area contributed by atoms with E-state index in [1.165, 1.54) is 0 Å². The molecule has 5 aromatic carbocycles. The molecule has 0 aliphatic rings. The van der Waals surface area contributed by atoms with Crippen LogP contribution in [0.1, 0.15) is 33.9 Å². The molecule has 45 heavy (non-hydrogen) atoms. The molecule has 1 unspecified atom stereocenters. The third-order valence-electron chi connectivity index (χ3n) is 7.39. The van der Waals surface area contributed by atoms with Crippen LogP contribution in [0.25, 0.3) is 0 Å². The van der Waals surface area contributed by atoms with Crippen molar-refractivity contribution in [3.8, 4) is 5.75 Å². The molecule has 5 aromatic rings. The van der Waals surface area contributed by atoms with Gasteiger partial charge in [-0.15, -0.1) is 0 Å². The Bertz CT molecular complexity index is 1710. The number of rotatable bonds is 12. The maximum Gasteiger partial charge on any atom is 0.248 e. The van der Waals surface area contributed by atoms with Gasteiger partial charge in [0, 0.05) is 12.2 Å². The van der Waals surface area contributed by atoms with Gasteiger partial charge >= 0.3 is 0 Å². The van der Waals surface area contributed by atoms with Crippen molar-refractivity contribution >= 4 is 23.4 Å². The van der Waals surface area contributed by atoms with E-state index in [2.05, 4.69) is 5.32 Å². The summed E-state index contributed by atoms with van der Waals surface area (Å²) in [5.74, 6) is -0.761. The van der Waals surface area contributed by atoms with E-state index in [-0.39, 0.29) is 19.4 Å². The molecule has 3 amide bonds. The number of amides is 3. The molecular formula is C38H35N3O4. The number of nitrogens with one attached hydrogen (secondary N) is 1. The molecule has 0 fully saturated rings. The van der Waals surface area contributed by atoms with Crippen LogP contribution in [0, 0.1) is 0 Å². The first-order chi connectivity index (χ1) is 22.0. The first-order valence-corrected chi connectivity index (χ1v) is 14.8. The van der Waals surface area contributed by atoms with Gasteiger partial charge in [0.1, 0.15) is 18.4 Å². The van der Waals surface area contributed by atoms with Crippen molar-refractivity contribution in [1.82, 2.24) is 10.2 Å². The quantitative estimate of drug-likeness (QED) is 0.171. The summed E-state index contributed by atoms with van der Waals surface area (Å²) in [5.41, 5.74) is 10.3. The summed E-state index contributed by atoms with van der Waals surface area (Å²) in [4.78, 5) is 42.9. The fourth-order valence-electron chi connectivity index (χ4n) is 5.01. The van der Waals surface area contributed by atoms with E-state index in [0.29, 0.717) is 29.2 Å². The molecule has 0 saturated carbocycles. The lowest BCUT2D eigenvalue weighted by molar-refractivity contribution is -0.151. The van der Waals surface area contributed by atoms with Gasteiger partial charge in [0.05, 0.1) is 12.8 Å². The summed E-state index contributed by atoms with van der Waals surface area (Å²) in [6.45, 7) is 0.646. The van der Waals surface area contributed by atoms with Crippen LogP contribution < -0.4 is 15.8 Å². The topological polar surface area (TPSA) is 102 Å². The Labute approximate surface area is 263 Å². The predicted octanol–water partition coefficient (Wildman–Crippen LogP) is 6.05. The van der Waals surface area contributed by atoms with Crippen LogP contribution in [0.4, 0.5) is 5.69 Å². The van der Waals surface area contributed by atoms with Gasteiger partial charge in [0.15, 0.2) is 0 Å². The number of imide groups is 1. The number of carbonyl (C=O) groups excluding carboxylic acids is 3. The number of ether oxygens (including phenoxy) is 1. The molecular weight excluding hydrogens is 562 g/mol. The molecule has 0 aromatic heterocycles. The molecule has 0 aliphatic carbocycles. The molecule has 0 spiro atoms. The van der Waals surface area contributed by atoms with Crippen LogP contribution in [0.15, 0.2) is 140 Å². The lowest BCUT2D eigenvalue weighted by Gasteiger charge is -2.30. The van der Waals surface area contributed by atoms with E-state index < -0.39 is 23.8 Å². The first-order valence-electron chi connectivity index (χ1n) is 14.8. The Morgan fingerprint density at radius 1 is 0.622 bits per heavy atom. The van der Waals surface area contributed by atoms with E-state index >= 15 is 0 Å². The molecule has 0 aliphatic heterocycles. The highest BCUT2D eigenvalue weighted by Gasteiger charge is 2.36. The van der Waals surface area contributed by atoms with Gasteiger partial charge in [-0.2, -0.15) is 0 Å². The summed E-state index contributed by atoms with van der Waals surface area (Å²) < 4.78 is 5.88. The highest BCUT2D eigenvalue weighted by Crippen LogP contribution is 2.25. The lowest BCUT2D eigenvalue weighted by atomic mass is 10.0. The number of nitrogen functional groups attached to an aromatic ring is 1. The zero-order chi connectivity index (χ0) is 31.4. The summed E-state index contributed by atoms with van der Waals surface area (Å²) in [5, 5.41) is 2.95. The molecule has 7 heteroatoms. The Morgan fingerprint density at radius 2 is 1.18 bits per heavy atom. The molecule has 7 nitrogen and oxygen atoms in total. The van der Waals surface area contributed by atoms with Gasteiger partial charge in [-0.3, -0.25) is 19.3 Å². The smallest absolute Gasteiger partial charge is 0.248 e. The maximum absolute atomic E-state index is 14.0. The summed E-state index contributed by atoms with van der Waals surface area (Å²) >= 11 is 0. The maximum atomic E-state index is 14.0. The molecule has 5 rings (SSSR count). The minimum atomic E-state index is -1.19. The van der Waals surface area contributed by atoms with Crippen molar-refractivity contribution in [2.24, 2.45) is 0 Å². The van der Waals surface area contributed by atoms with Crippen LogP contribution >= 0.6 is 0 Å². The molecule has 0 bridgehead atoms. The number of benzene rings is 5. The van der Waals surface area contributed by atoms with Gasteiger partial charge < -0.3 is 15.8 Å². The zero-order valence-electron chi connectivity index (χ0n) is 24.8. The molecule has 0 heterocycles. The average molecular weight is 598 g/mol. The van der Waals surface area contributed by atoms with Crippen molar-refractivity contribution in [3.63, 3.8) is 0 Å². The van der Waals surface area contributed by atoms with Crippen LogP contribution in [0.2, 0.25) is 0 Å². The second-order valence-electron chi connectivity index (χ2n) is 10.6. The normalized spacial score (nSPS) is 11.3. The van der Waals surface area contributed by atoms with Crippen LogP contribution in [-0.4, -0.2) is 22.6 Å². The van der Waals surface area contributed by atoms with E-state index in [9.17, 15) is 14.4 Å². The van der Waals surface area contributed by atoms with Crippen molar-refractivity contribution in [2.75, 3.05) is 5.73 Å². The number of hydrogen-bond donors (Lipinski definition) is 2. The molecule has 3 N–H and O–H groups in total. The number of para-hydroxylation sites is 1. The van der Waals surface area contributed by atoms with E-state index in [4.69, 9.17) is 10.5 Å². The molecule has 226 valence electrons. The number of nitrogens with zero attached hydrogens (tertiary/aromatic N) is 1. The first kappa shape index (κ1) is 30.8. The van der Waals surface area contributed by atoms with Crippen molar-refractivity contribution in [1.29, 1.82) is 0 Å².